The number of ketones is 1. The molecule has 0 spiro atoms. The lowest BCUT2D eigenvalue weighted by Gasteiger charge is -2.27. The van der Waals surface area contributed by atoms with Gasteiger partial charge in [-0.25, -0.2) is 0 Å². The van der Waals surface area contributed by atoms with Gasteiger partial charge in [0, 0.05) is 18.7 Å². The molecule has 33 heavy (non-hydrogen) atoms. The molecular weight excluding hydrogens is 424 g/mol. The van der Waals surface area contributed by atoms with E-state index in [1.807, 2.05) is 25.9 Å². The number of aliphatic hydroxyl groups excluding tert-OH is 1. The molecule has 1 fully saturated rings. The molecule has 1 amide bonds. The number of benzene rings is 2. The van der Waals surface area contributed by atoms with Gasteiger partial charge in [-0.15, -0.1) is 0 Å². The average Bonchev–Trinajstić information content (AvgIpc) is 3.06. The number of carbonyl (C=O) groups excluding carboxylic acids is 2. The fourth-order valence-corrected chi connectivity index (χ4v) is 3.74. The number of phenols is 1. The van der Waals surface area contributed by atoms with Gasteiger partial charge in [-0.05, 0) is 50.3 Å². The Balaban J connectivity index is 2.14. The molecule has 2 aromatic rings. The summed E-state index contributed by atoms with van der Waals surface area (Å²) in [5.41, 5.74) is 0.909. The molecule has 1 heterocycles. The number of amides is 1. The molecule has 3 rings (SSSR count). The molecule has 2 N–H and O–H groups in total. The highest BCUT2D eigenvalue weighted by atomic mass is 16.5. The Kier molecular flexibility index (Phi) is 7.60. The predicted molar refractivity (Wildman–Crippen MR) is 124 cm³/mol. The summed E-state index contributed by atoms with van der Waals surface area (Å²) in [6.07, 6.45) is 0.829. The van der Waals surface area contributed by atoms with E-state index in [1.54, 1.807) is 36.4 Å². The van der Waals surface area contributed by atoms with Gasteiger partial charge in [-0.2, -0.15) is 0 Å². The van der Waals surface area contributed by atoms with Crippen LogP contribution in [0.1, 0.15) is 30.5 Å². The topological polar surface area (TPSA) is 99.5 Å². The number of phenolic OH excluding ortho intramolecular Hbond substituents is 1. The Hall–Kier alpha value is -3.52. The smallest absolute Gasteiger partial charge is 0.295 e. The third kappa shape index (κ3) is 5.12. The minimum atomic E-state index is -0.834. The van der Waals surface area contributed by atoms with Gasteiger partial charge in [0.2, 0.25) is 0 Å². The van der Waals surface area contributed by atoms with Crippen molar-refractivity contribution in [2.45, 2.75) is 19.4 Å². The molecule has 0 bridgehead atoms. The highest BCUT2D eigenvalue weighted by Gasteiger charge is 2.46. The fourth-order valence-electron chi connectivity index (χ4n) is 3.74. The molecule has 1 unspecified atom stereocenters. The molecule has 1 aliphatic rings. The van der Waals surface area contributed by atoms with E-state index in [4.69, 9.17) is 9.47 Å². The van der Waals surface area contributed by atoms with E-state index in [0.29, 0.717) is 30.0 Å². The molecule has 0 saturated carbocycles. The van der Waals surface area contributed by atoms with E-state index in [9.17, 15) is 19.8 Å². The van der Waals surface area contributed by atoms with Crippen LogP contribution in [0.15, 0.2) is 48.0 Å². The van der Waals surface area contributed by atoms with E-state index in [0.717, 1.165) is 6.42 Å². The van der Waals surface area contributed by atoms with Crippen LogP contribution in [-0.4, -0.2) is 72.6 Å². The lowest BCUT2D eigenvalue weighted by atomic mass is 9.95. The number of aromatic hydroxyl groups is 1. The summed E-state index contributed by atoms with van der Waals surface area (Å²) in [5, 5.41) is 21.2. The maximum absolute atomic E-state index is 13.1. The summed E-state index contributed by atoms with van der Waals surface area (Å²) in [6, 6.07) is 10.6. The number of ether oxygens (including phenoxy) is 2. The number of methoxy groups -OCH3 is 1. The number of rotatable bonds is 9. The van der Waals surface area contributed by atoms with Gasteiger partial charge in [-0.1, -0.05) is 25.1 Å². The largest absolute Gasteiger partial charge is 0.507 e. The van der Waals surface area contributed by atoms with Gasteiger partial charge in [0.15, 0.2) is 11.5 Å². The zero-order valence-electron chi connectivity index (χ0n) is 19.4. The normalized spacial score (nSPS) is 17.6. The van der Waals surface area contributed by atoms with Crippen molar-refractivity contribution in [2.75, 3.05) is 40.9 Å². The second-order valence-electron chi connectivity index (χ2n) is 8.10. The summed E-state index contributed by atoms with van der Waals surface area (Å²) in [4.78, 5) is 29.4. The molecule has 1 atom stereocenters. The van der Waals surface area contributed by atoms with Crippen molar-refractivity contribution in [3.8, 4) is 17.2 Å². The molecule has 8 heteroatoms. The number of likely N-dealkylation sites (N-methyl/N-ethyl adjacent to an activating group) is 1. The monoisotopic (exact) mass is 454 g/mol. The van der Waals surface area contributed by atoms with Crippen LogP contribution in [-0.2, 0) is 9.59 Å². The molecule has 0 aliphatic carbocycles. The van der Waals surface area contributed by atoms with Gasteiger partial charge in [-0.3, -0.25) is 9.59 Å². The quantitative estimate of drug-likeness (QED) is 0.341. The second-order valence-corrected chi connectivity index (χ2v) is 8.10. The minimum Gasteiger partial charge on any atom is -0.507 e. The Morgan fingerprint density at radius 3 is 2.58 bits per heavy atom. The predicted octanol–water partition coefficient (Wildman–Crippen LogP) is 3.17. The van der Waals surface area contributed by atoms with Crippen molar-refractivity contribution < 1.29 is 29.3 Å². The summed E-state index contributed by atoms with van der Waals surface area (Å²) in [7, 11) is 5.16. The first-order chi connectivity index (χ1) is 15.8. The number of hydrogen-bond donors (Lipinski definition) is 2. The summed E-state index contributed by atoms with van der Waals surface area (Å²) in [5.74, 6) is -1.02. The Morgan fingerprint density at radius 1 is 1.15 bits per heavy atom. The maximum atomic E-state index is 13.1. The van der Waals surface area contributed by atoms with E-state index in [2.05, 4.69) is 0 Å². The van der Waals surface area contributed by atoms with Crippen LogP contribution in [0.3, 0.4) is 0 Å². The standard InChI is InChI=1S/C25H30N2O6/c1-5-13-33-18-8-6-7-17(14-18)23(29)21-22(16-9-10-19(28)20(15-16)32-4)27(12-11-26(2)3)25(31)24(21)30/h6-10,14-15,22,28-29H,5,11-13H2,1-4H3. The number of carbonyl (C=O) groups is 2. The lowest BCUT2D eigenvalue weighted by Crippen LogP contribution is -2.35. The van der Waals surface area contributed by atoms with Crippen molar-refractivity contribution in [3.63, 3.8) is 0 Å². The summed E-state index contributed by atoms with van der Waals surface area (Å²) >= 11 is 0. The Bertz CT molecular complexity index is 1060. The summed E-state index contributed by atoms with van der Waals surface area (Å²) < 4.78 is 10.9. The van der Waals surface area contributed by atoms with E-state index in [-0.39, 0.29) is 29.4 Å². The van der Waals surface area contributed by atoms with Crippen molar-refractivity contribution >= 4 is 17.4 Å². The highest BCUT2D eigenvalue weighted by molar-refractivity contribution is 6.46. The maximum Gasteiger partial charge on any atom is 0.295 e. The van der Waals surface area contributed by atoms with Crippen LogP contribution in [0.5, 0.6) is 17.2 Å². The van der Waals surface area contributed by atoms with Crippen molar-refractivity contribution in [1.82, 2.24) is 9.80 Å². The first kappa shape index (κ1) is 24.1. The SMILES string of the molecule is CCCOc1cccc(C(O)=C2C(=O)C(=O)N(CCN(C)C)C2c2ccc(O)c(OC)c2)c1. The van der Waals surface area contributed by atoms with Crippen LogP contribution >= 0.6 is 0 Å². The molecule has 1 aliphatic heterocycles. The highest BCUT2D eigenvalue weighted by Crippen LogP contribution is 2.41. The van der Waals surface area contributed by atoms with Gasteiger partial charge in [0.25, 0.3) is 11.7 Å². The second kappa shape index (κ2) is 10.4. The van der Waals surface area contributed by atoms with E-state index >= 15 is 0 Å². The van der Waals surface area contributed by atoms with Crippen molar-refractivity contribution in [3.05, 3.63) is 59.2 Å². The third-order valence-electron chi connectivity index (χ3n) is 5.43. The Labute approximate surface area is 193 Å². The zero-order chi connectivity index (χ0) is 24.1. The van der Waals surface area contributed by atoms with Crippen LogP contribution in [0.4, 0.5) is 0 Å². The van der Waals surface area contributed by atoms with Crippen LogP contribution in [0.2, 0.25) is 0 Å². The Morgan fingerprint density at radius 2 is 1.91 bits per heavy atom. The van der Waals surface area contributed by atoms with Gasteiger partial charge < -0.3 is 29.5 Å². The summed E-state index contributed by atoms with van der Waals surface area (Å²) in [6.45, 7) is 3.32. The molecule has 0 radical (unpaired) electrons. The molecule has 0 aromatic heterocycles. The average molecular weight is 455 g/mol. The first-order valence-corrected chi connectivity index (χ1v) is 10.8. The van der Waals surface area contributed by atoms with Crippen LogP contribution in [0, 0.1) is 0 Å². The van der Waals surface area contributed by atoms with Crippen molar-refractivity contribution in [2.24, 2.45) is 0 Å². The van der Waals surface area contributed by atoms with E-state index in [1.165, 1.54) is 18.1 Å². The fraction of sp³-hybridized carbons (Fsp3) is 0.360. The lowest BCUT2D eigenvalue weighted by molar-refractivity contribution is -0.140. The molecule has 8 nitrogen and oxygen atoms in total. The van der Waals surface area contributed by atoms with Crippen LogP contribution < -0.4 is 9.47 Å². The number of aliphatic hydroxyl groups is 1. The first-order valence-electron chi connectivity index (χ1n) is 10.8. The molecule has 176 valence electrons. The number of hydrogen-bond acceptors (Lipinski definition) is 7. The number of likely N-dealkylation sites (tertiary alicyclic amines) is 1. The van der Waals surface area contributed by atoms with Gasteiger partial charge >= 0.3 is 0 Å². The third-order valence-corrected chi connectivity index (χ3v) is 5.43. The molecule has 1 saturated heterocycles. The molecular formula is C25H30N2O6. The zero-order valence-corrected chi connectivity index (χ0v) is 19.4. The number of Topliss-reactive ketones (excluding diaryl/α,β-unsaturated/α-hetero) is 1. The van der Waals surface area contributed by atoms with Crippen LogP contribution in [0.25, 0.3) is 5.76 Å². The number of nitrogens with zero attached hydrogens (tertiary/aromatic N) is 2. The van der Waals surface area contributed by atoms with Gasteiger partial charge in [0.05, 0.1) is 25.3 Å². The van der Waals surface area contributed by atoms with E-state index < -0.39 is 17.7 Å². The minimum absolute atomic E-state index is 0.0147. The van der Waals surface area contributed by atoms with Crippen molar-refractivity contribution in [1.29, 1.82) is 0 Å². The van der Waals surface area contributed by atoms with Gasteiger partial charge in [0.1, 0.15) is 11.5 Å². The molecule has 2 aromatic carbocycles.